The second kappa shape index (κ2) is 8.99. The zero-order chi connectivity index (χ0) is 15.2. The molecule has 0 aliphatic carbocycles. The Hall–Kier alpha value is -1.15. The molecule has 0 saturated heterocycles. The van der Waals surface area contributed by atoms with Crippen LogP contribution >= 0.6 is 12.4 Å². The molecule has 120 valence electrons. The molecule has 0 radical (unpaired) electrons. The van der Waals surface area contributed by atoms with Gasteiger partial charge < -0.3 is 11.1 Å². The van der Waals surface area contributed by atoms with Crippen molar-refractivity contribution in [2.75, 3.05) is 11.9 Å². The summed E-state index contributed by atoms with van der Waals surface area (Å²) in [6.45, 7) is 3.97. The first kappa shape index (κ1) is 19.9. The van der Waals surface area contributed by atoms with E-state index in [1.54, 1.807) is 26.0 Å². The summed E-state index contributed by atoms with van der Waals surface area (Å²) in [4.78, 5) is 11.7. The Morgan fingerprint density at radius 1 is 1.24 bits per heavy atom. The summed E-state index contributed by atoms with van der Waals surface area (Å²) in [5, 5.41) is 2.69. The van der Waals surface area contributed by atoms with E-state index >= 15 is 0 Å². The van der Waals surface area contributed by atoms with Crippen molar-refractivity contribution >= 4 is 34.0 Å². The van der Waals surface area contributed by atoms with Crippen LogP contribution in [0, 0.1) is 0 Å². The van der Waals surface area contributed by atoms with Crippen molar-refractivity contribution in [3.8, 4) is 0 Å². The number of benzene rings is 1. The Morgan fingerprint density at radius 2 is 1.81 bits per heavy atom. The first-order valence-corrected chi connectivity index (χ1v) is 7.96. The Kier molecular flexibility index (Phi) is 8.50. The third-order valence-corrected chi connectivity index (χ3v) is 4.12. The summed E-state index contributed by atoms with van der Waals surface area (Å²) in [6, 6.07) is 5.88. The molecule has 8 heteroatoms. The first-order valence-electron chi connectivity index (χ1n) is 6.47. The van der Waals surface area contributed by atoms with Crippen LogP contribution in [0.1, 0.15) is 26.7 Å². The lowest BCUT2D eigenvalue weighted by Gasteiger charge is -2.10. The molecular formula is C13H22ClN3O3S. The van der Waals surface area contributed by atoms with E-state index in [4.69, 9.17) is 5.73 Å². The minimum Gasteiger partial charge on any atom is -0.330 e. The summed E-state index contributed by atoms with van der Waals surface area (Å²) < 4.78 is 26.3. The normalized spacial score (nSPS) is 11.0. The van der Waals surface area contributed by atoms with Crippen LogP contribution in [0.5, 0.6) is 0 Å². The molecule has 0 aliphatic rings. The predicted molar refractivity (Wildman–Crippen MR) is 86.1 cm³/mol. The van der Waals surface area contributed by atoms with Crippen LogP contribution in [0.3, 0.4) is 0 Å². The highest BCUT2D eigenvalue weighted by Crippen LogP contribution is 2.14. The highest BCUT2D eigenvalue weighted by Gasteiger charge is 2.15. The molecule has 0 saturated carbocycles. The molecule has 21 heavy (non-hydrogen) atoms. The number of anilines is 1. The lowest BCUT2D eigenvalue weighted by molar-refractivity contribution is -0.116. The van der Waals surface area contributed by atoms with Gasteiger partial charge in [-0.15, -0.1) is 12.4 Å². The van der Waals surface area contributed by atoms with Crippen LogP contribution in [0.15, 0.2) is 29.2 Å². The number of carbonyl (C=O) groups excluding carboxylic acids is 1. The zero-order valence-corrected chi connectivity index (χ0v) is 13.8. The Balaban J connectivity index is 0.00000400. The summed E-state index contributed by atoms with van der Waals surface area (Å²) in [5.41, 5.74) is 5.89. The summed E-state index contributed by atoms with van der Waals surface area (Å²) in [5.74, 6) is -0.133. The quantitative estimate of drug-likeness (QED) is 0.702. The van der Waals surface area contributed by atoms with Crippen molar-refractivity contribution in [3.05, 3.63) is 24.3 Å². The largest absolute Gasteiger partial charge is 0.330 e. The van der Waals surface area contributed by atoms with Crippen LogP contribution in [-0.2, 0) is 14.8 Å². The minimum absolute atomic E-state index is 0. The fraction of sp³-hybridized carbons (Fsp3) is 0.462. The van der Waals surface area contributed by atoms with Gasteiger partial charge in [-0.25, -0.2) is 13.1 Å². The van der Waals surface area contributed by atoms with Crippen molar-refractivity contribution in [1.82, 2.24) is 4.72 Å². The number of halogens is 1. The molecule has 1 aromatic rings. The summed E-state index contributed by atoms with van der Waals surface area (Å²) in [7, 11) is -3.50. The average molecular weight is 336 g/mol. The number of amides is 1. The molecule has 0 unspecified atom stereocenters. The van der Waals surface area contributed by atoms with E-state index in [2.05, 4.69) is 10.0 Å². The number of carbonyl (C=O) groups is 1. The van der Waals surface area contributed by atoms with E-state index in [-0.39, 0.29) is 29.3 Å². The van der Waals surface area contributed by atoms with Crippen LogP contribution in [0.2, 0.25) is 0 Å². The van der Waals surface area contributed by atoms with Gasteiger partial charge in [-0.05, 0) is 51.1 Å². The number of hydrogen-bond donors (Lipinski definition) is 3. The van der Waals surface area contributed by atoms with Crippen LogP contribution in [0.25, 0.3) is 0 Å². The summed E-state index contributed by atoms with van der Waals surface area (Å²) in [6.07, 6.45) is 0.974. The van der Waals surface area contributed by atoms with Gasteiger partial charge in [0.15, 0.2) is 0 Å². The van der Waals surface area contributed by atoms with Crippen molar-refractivity contribution < 1.29 is 13.2 Å². The van der Waals surface area contributed by atoms with Gasteiger partial charge in [-0.3, -0.25) is 4.79 Å². The zero-order valence-electron chi connectivity index (χ0n) is 12.1. The number of sulfonamides is 1. The van der Waals surface area contributed by atoms with Crippen molar-refractivity contribution in [1.29, 1.82) is 0 Å². The van der Waals surface area contributed by atoms with E-state index in [0.29, 0.717) is 25.1 Å². The van der Waals surface area contributed by atoms with Crippen molar-refractivity contribution in [2.45, 2.75) is 37.6 Å². The molecule has 0 aliphatic heterocycles. The van der Waals surface area contributed by atoms with Crippen molar-refractivity contribution in [2.24, 2.45) is 5.73 Å². The van der Waals surface area contributed by atoms with Gasteiger partial charge >= 0.3 is 0 Å². The first-order chi connectivity index (χ1) is 9.35. The van der Waals surface area contributed by atoms with Gasteiger partial charge in [-0.1, -0.05) is 0 Å². The maximum Gasteiger partial charge on any atom is 0.240 e. The predicted octanol–water partition coefficient (Wildman–Crippen LogP) is 1.47. The lowest BCUT2D eigenvalue weighted by atomic mass is 10.2. The van der Waals surface area contributed by atoms with E-state index in [9.17, 15) is 13.2 Å². The molecule has 0 bridgehead atoms. The maximum absolute atomic E-state index is 11.9. The van der Waals surface area contributed by atoms with Gasteiger partial charge in [0.25, 0.3) is 0 Å². The highest BCUT2D eigenvalue weighted by atomic mass is 35.5. The maximum atomic E-state index is 11.9. The minimum atomic E-state index is -3.50. The van der Waals surface area contributed by atoms with Gasteiger partial charge in [0.1, 0.15) is 0 Å². The van der Waals surface area contributed by atoms with Gasteiger partial charge in [0, 0.05) is 18.2 Å². The van der Waals surface area contributed by atoms with E-state index in [1.165, 1.54) is 12.1 Å². The van der Waals surface area contributed by atoms with E-state index in [0.717, 1.165) is 0 Å². The van der Waals surface area contributed by atoms with Gasteiger partial charge in [0.2, 0.25) is 15.9 Å². The smallest absolute Gasteiger partial charge is 0.240 e. The SMILES string of the molecule is CC(C)NS(=O)(=O)c1ccc(NC(=O)CCCN)cc1.Cl. The average Bonchev–Trinajstić information content (AvgIpc) is 2.35. The molecule has 0 spiro atoms. The number of rotatable bonds is 7. The molecule has 4 N–H and O–H groups in total. The third kappa shape index (κ3) is 6.90. The molecule has 0 fully saturated rings. The number of nitrogens with two attached hydrogens (primary N) is 1. The van der Waals surface area contributed by atoms with E-state index < -0.39 is 10.0 Å². The standard InChI is InChI=1S/C13H21N3O3S.ClH/c1-10(2)16-20(18,19)12-7-5-11(6-8-12)15-13(17)4-3-9-14;/h5-8,10,16H,3-4,9,14H2,1-2H3,(H,15,17);1H. The lowest BCUT2D eigenvalue weighted by Crippen LogP contribution is -2.30. The molecule has 1 amide bonds. The number of nitrogens with one attached hydrogen (secondary N) is 2. The number of hydrogen-bond acceptors (Lipinski definition) is 4. The molecular weight excluding hydrogens is 314 g/mol. The summed E-state index contributed by atoms with van der Waals surface area (Å²) >= 11 is 0. The molecule has 0 aromatic heterocycles. The Labute approximate surface area is 132 Å². The molecule has 0 atom stereocenters. The van der Waals surface area contributed by atoms with Crippen LogP contribution in [-0.4, -0.2) is 26.9 Å². The van der Waals surface area contributed by atoms with Crippen LogP contribution < -0.4 is 15.8 Å². The Bertz CT molecular complexity index is 544. The fourth-order valence-electron chi connectivity index (χ4n) is 1.58. The highest BCUT2D eigenvalue weighted by molar-refractivity contribution is 7.89. The molecule has 0 heterocycles. The monoisotopic (exact) mass is 335 g/mol. The second-order valence-corrected chi connectivity index (χ2v) is 6.45. The van der Waals surface area contributed by atoms with Gasteiger partial charge in [-0.2, -0.15) is 0 Å². The topological polar surface area (TPSA) is 101 Å². The molecule has 1 rings (SSSR count). The van der Waals surface area contributed by atoms with Crippen LogP contribution in [0.4, 0.5) is 5.69 Å². The molecule has 1 aromatic carbocycles. The third-order valence-electron chi connectivity index (χ3n) is 2.45. The van der Waals surface area contributed by atoms with Gasteiger partial charge in [0.05, 0.1) is 4.90 Å². The Morgan fingerprint density at radius 3 is 2.29 bits per heavy atom. The van der Waals surface area contributed by atoms with E-state index in [1.807, 2.05) is 0 Å². The fourth-order valence-corrected chi connectivity index (χ4v) is 2.83. The second-order valence-electron chi connectivity index (χ2n) is 4.74. The van der Waals surface area contributed by atoms with Crippen molar-refractivity contribution in [3.63, 3.8) is 0 Å². The molecule has 6 nitrogen and oxygen atoms in total.